The predicted molar refractivity (Wildman–Crippen MR) is 106 cm³/mol. The predicted octanol–water partition coefficient (Wildman–Crippen LogP) is 4.65. The number of hydrogen-bond donors (Lipinski definition) is 2. The third kappa shape index (κ3) is 4.30. The van der Waals surface area contributed by atoms with Gasteiger partial charge in [0.25, 0.3) is 5.69 Å². The lowest BCUT2D eigenvalue weighted by Crippen LogP contribution is -2.05. The van der Waals surface area contributed by atoms with Crippen molar-refractivity contribution in [2.24, 2.45) is 0 Å². The van der Waals surface area contributed by atoms with E-state index < -0.39 is 4.92 Å². The summed E-state index contributed by atoms with van der Waals surface area (Å²) in [4.78, 5) is 23.5. The zero-order valence-electron chi connectivity index (χ0n) is 14.8. The van der Waals surface area contributed by atoms with Crippen molar-refractivity contribution < 1.29 is 9.72 Å². The van der Waals surface area contributed by atoms with Crippen molar-refractivity contribution in [3.63, 3.8) is 0 Å². The third-order valence-electron chi connectivity index (χ3n) is 4.27. The molecule has 3 aromatic rings. The first kappa shape index (κ1) is 18.1. The van der Waals surface area contributed by atoms with E-state index in [1.54, 1.807) is 24.3 Å². The van der Waals surface area contributed by atoms with Gasteiger partial charge in [0.1, 0.15) is 5.69 Å². The van der Waals surface area contributed by atoms with Gasteiger partial charge in [-0.05, 0) is 48.4 Å². The van der Waals surface area contributed by atoms with Crippen LogP contribution in [0.2, 0.25) is 0 Å². The van der Waals surface area contributed by atoms with E-state index in [-0.39, 0.29) is 17.9 Å². The fraction of sp³-hybridized carbons (Fsp3) is 0.0952. The number of anilines is 3. The maximum atomic E-state index is 12.5. The summed E-state index contributed by atoms with van der Waals surface area (Å²) in [7, 11) is 0. The molecule has 3 aromatic carbocycles. The summed E-state index contributed by atoms with van der Waals surface area (Å²) in [5.74, 6) is -0.167. The molecule has 0 aliphatic rings. The number of rotatable bonds is 6. The maximum absolute atomic E-state index is 12.5. The molecule has 0 aliphatic heterocycles. The number of benzene rings is 3. The Morgan fingerprint density at radius 3 is 2.48 bits per heavy atom. The quantitative estimate of drug-likeness (QED) is 0.288. The Labute approximate surface area is 156 Å². The van der Waals surface area contributed by atoms with Crippen molar-refractivity contribution in [1.29, 1.82) is 0 Å². The molecule has 0 saturated carbocycles. The number of nitrogens with two attached hydrogens (primary N) is 1. The number of nitrogens with one attached hydrogen (secondary N) is 1. The van der Waals surface area contributed by atoms with Gasteiger partial charge in [-0.3, -0.25) is 14.9 Å². The number of carbonyl (C=O) groups is 1. The average Bonchev–Trinajstić information content (AvgIpc) is 2.65. The Hall–Kier alpha value is -3.67. The van der Waals surface area contributed by atoms with Crippen LogP contribution in [0.1, 0.15) is 21.5 Å². The van der Waals surface area contributed by atoms with E-state index in [1.807, 2.05) is 43.3 Å². The van der Waals surface area contributed by atoms with Crippen LogP contribution in [0.3, 0.4) is 0 Å². The van der Waals surface area contributed by atoms with Gasteiger partial charge in [0.05, 0.1) is 4.92 Å². The van der Waals surface area contributed by atoms with Crippen LogP contribution in [0, 0.1) is 17.0 Å². The van der Waals surface area contributed by atoms with Crippen molar-refractivity contribution in [2.45, 2.75) is 13.3 Å². The highest BCUT2D eigenvalue weighted by molar-refractivity contribution is 5.99. The van der Waals surface area contributed by atoms with Crippen LogP contribution in [0.4, 0.5) is 22.7 Å². The SMILES string of the molecule is Cc1cc(Nc2ccc(C(=O)Cc3ccccc3)cc2[N+](=O)[O-])ccc1N. The van der Waals surface area contributed by atoms with E-state index in [2.05, 4.69) is 5.32 Å². The van der Waals surface area contributed by atoms with E-state index in [0.717, 1.165) is 11.1 Å². The van der Waals surface area contributed by atoms with Crippen molar-refractivity contribution in [3.05, 3.63) is 93.5 Å². The number of Topliss-reactive ketones (excluding diaryl/α,β-unsaturated/α-hetero) is 1. The number of ketones is 1. The molecule has 0 spiro atoms. The lowest BCUT2D eigenvalue weighted by atomic mass is 10.0. The fourth-order valence-corrected chi connectivity index (χ4v) is 2.75. The Morgan fingerprint density at radius 1 is 1.07 bits per heavy atom. The minimum Gasteiger partial charge on any atom is -0.399 e. The first-order valence-corrected chi connectivity index (χ1v) is 8.43. The average molecular weight is 361 g/mol. The van der Waals surface area contributed by atoms with Crippen LogP contribution in [-0.2, 0) is 6.42 Å². The number of nitro benzene ring substituents is 1. The smallest absolute Gasteiger partial charge is 0.293 e. The normalized spacial score (nSPS) is 10.4. The summed E-state index contributed by atoms with van der Waals surface area (Å²) >= 11 is 0. The summed E-state index contributed by atoms with van der Waals surface area (Å²) in [6.07, 6.45) is 0.196. The van der Waals surface area contributed by atoms with Crippen LogP contribution in [-0.4, -0.2) is 10.7 Å². The largest absolute Gasteiger partial charge is 0.399 e. The number of carbonyl (C=O) groups excluding carboxylic acids is 1. The first-order valence-electron chi connectivity index (χ1n) is 8.43. The van der Waals surface area contributed by atoms with Crippen molar-refractivity contribution >= 4 is 28.5 Å². The molecule has 27 heavy (non-hydrogen) atoms. The van der Waals surface area contributed by atoms with Gasteiger partial charge in [0.2, 0.25) is 0 Å². The van der Waals surface area contributed by atoms with Crippen LogP contribution in [0.25, 0.3) is 0 Å². The Balaban J connectivity index is 1.87. The van der Waals surface area contributed by atoms with Gasteiger partial charge in [0.15, 0.2) is 5.78 Å². The molecule has 0 fully saturated rings. The molecule has 0 heterocycles. The van der Waals surface area contributed by atoms with E-state index in [1.165, 1.54) is 6.07 Å². The summed E-state index contributed by atoms with van der Waals surface area (Å²) in [5.41, 5.74) is 9.36. The molecule has 0 bridgehead atoms. The number of nitro groups is 1. The Bertz CT molecular complexity index is 1000. The van der Waals surface area contributed by atoms with Crippen molar-refractivity contribution in [1.82, 2.24) is 0 Å². The summed E-state index contributed by atoms with van der Waals surface area (Å²) in [6, 6.07) is 19.1. The number of nitrogens with zero attached hydrogens (tertiary/aromatic N) is 1. The van der Waals surface area contributed by atoms with Crippen LogP contribution in [0.5, 0.6) is 0 Å². The van der Waals surface area contributed by atoms with Crippen LogP contribution < -0.4 is 11.1 Å². The standard InChI is InChI=1S/C21H19N3O3/c1-14-11-17(8-9-18(14)22)23-19-10-7-16(13-20(19)24(26)27)21(25)12-15-5-3-2-4-6-15/h2-11,13,23H,12,22H2,1H3. The van der Waals surface area contributed by atoms with Gasteiger partial charge in [-0.2, -0.15) is 0 Å². The van der Waals surface area contributed by atoms with Crippen molar-refractivity contribution in [2.75, 3.05) is 11.1 Å². The van der Waals surface area contributed by atoms with Gasteiger partial charge in [-0.1, -0.05) is 30.3 Å². The third-order valence-corrected chi connectivity index (χ3v) is 4.27. The first-order chi connectivity index (χ1) is 12.9. The maximum Gasteiger partial charge on any atom is 0.293 e. The molecule has 0 saturated heterocycles. The Kier molecular flexibility index (Phi) is 5.17. The molecule has 0 unspecified atom stereocenters. The molecule has 3 rings (SSSR count). The molecule has 0 atom stereocenters. The highest BCUT2D eigenvalue weighted by atomic mass is 16.6. The van der Waals surface area contributed by atoms with Crippen LogP contribution >= 0.6 is 0 Å². The summed E-state index contributed by atoms with van der Waals surface area (Å²) in [6.45, 7) is 1.86. The molecule has 6 heteroatoms. The molecule has 0 aliphatic carbocycles. The Morgan fingerprint density at radius 2 is 1.81 bits per heavy atom. The molecule has 136 valence electrons. The molecule has 0 radical (unpaired) electrons. The second kappa shape index (κ2) is 7.70. The molecule has 3 N–H and O–H groups in total. The number of nitrogen functional groups attached to an aromatic ring is 1. The zero-order chi connectivity index (χ0) is 19.4. The van der Waals surface area contributed by atoms with E-state index >= 15 is 0 Å². The van der Waals surface area contributed by atoms with Crippen molar-refractivity contribution in [3.8, 4) is 0 Å². The molecule has 6 nitrogen and oxygen atoms in total. The van der Waals surface area contributed by atoms with Gasteiger partial charge in [-0.15, -0.1) is 0 Å². The van der Waals surface area contributed by atoms with Crippen LogP contribution in [0.15, 0.2) is 66.7 Å². The van der Waals surface area contributed by atoms with E-state index in [0.29, 0.717) is 22.6 Å². The lowest BCUT2D eigenvalue weighted by molar-refractivity contribution is -0.383. The monoisotopic (exact) mass is 361 g/mol. The summed E-state index contributed by atoms with van der Waals surface area (Å²) < 4.78 is 0. The molecule has 0 amide bonds. The minimum absolute atomic E-state index is 0.150. The highest BCUT2D eigenvalue weighted by Gasteiger charge is 2.18. The number of aryl methyl sites for hydroxylation is 1. The topological polar surface area (TPSA) is 98.3 Å². The summed E-state index contributed by atoms with van der Waals surface area (Å²) in [5, 5.41) is 14.5. The van der Waals surface area contributed by atoms with Gasteiger partial charge >= 0.3 is 0 Å². The second-order valence-electron chi connectivity index (χ2n) is 6.27. The van der Waals surface area contributed by atoms with E-state index in [9.17, 15) is 14.9 Å². The molecular weight excluding hydrogens is 342 g/mol. The lowest BCUT2D eigenvalue weighted by Gasteiger charge is -2.10. The minimum atomic E-state index is -0.494. The fourth-order valence-electron chi connectivity index (χ4n) is 2.75. The molecule has 0 aromatic heterocycles. The van der Waals surface area contributed by atoms with E-state index in [4.69, 9.17) is 5.73 Å². The number of hydrogen-bond acceptors (Lipinski definition) is 5. The van der Waals surface area contributed by atoms with Gasteiger partial charge in [-0.25, -0.2) is 0 Å². The zero-order valence-corrected chi connectivity index (χ0v) is 14.8. The molecular formula is C21H19N3O3. The second-order valence-corrected chi connectivity index (χ2v) is 6.27. The van der Waals surface area contributed by atoms with Gasteiger partial charge < -0.3 is 11.1 Å². The highest BCUT2D eigenvalue weighted by Crippen LogP contribution is 2.30. The van der Waals surface area contributed by atoms with Gasteiger partial charge in [0, 0.05) is 29.4 Å².